The van der Waals surface area contributed by atoms with Gasteiger partial charge in [0, 0.05) is 18.2 Å². The van der Waals surface area contributed by atoms with Crippen LogP contribution < -0.4 is 9.47 Å². The highest BCUT2D eigenvalue weighted by Crippen LogP contribution is 2.42. The van der Waals surface area contributed by atoms with E-state index >= 15 is 0 Å². The third-order valence-corrected chi connectivity index (χ3v) is 3.15. The number of nitro groups is 1. The van der Waals surface area contributed by atoms with Crippen LogP contribution in [0.3, 0.4) is 0 Å². The lowest BCUT2D eigenvalue weighted by Gasteiger charge is -2.01. The molecule has 3 rings (SSSR count). The maximum atomic E-state index is 11.1. The van der Waals surface area contributed by atoms with E-state index in [0.29, 0.717) is 11.5 Å². The summed E-state index contributed by atoms with van der Waals surface area (Å²) in [7, 11) is 0. The van der Waals surface area contributed by atoms with Crippen LogP contribution in [0.1, 0.15) is 10.4 Å². The molecule has 10 nitrogen and oxygen atoms in total. The Morgan fingerprint density at radius 2 is 1.79 bits per heavy atom. The number of aromatic hydroxyl groups is 1. The minimum Gasteiger partial charge on any atom is -0.505 e. The van der Waals surface area contributed by atoms with Gasteiger partial charge in [-0.1, -0.05) is 0 Å². The van der Waals surface area contributed by atoms with E-state index in [1.54, 1.807) is 0 Å². The molecular formula is C14H9N3O7. The van der Waals surface area contributed by atoms with Gasteiger partial charge in [-0.3, -0.25) is 10.1 Å². The Kier molecular flexibility index (Phi) is 3.70. The number of aromatic carboxylic acids is 1. The van der Waals surface area contributed by atoms with Crippen LogP contribution in [0.2, 0.25) is 0 Å². The number of carboxylic acid groups (broad SMARTS) is 1. The second-order valence-electron chi connectivity index (χ2n) is 4.66. The summed E-state index contributed by atoms with van der Waals surface area (Å²) < 4.78 is 10.2. The number of phenolic OH excluding ortho intramolecular Hbond substituents is 1. The summed E-state index contributed by atoms with van der Waals surface area (Å²) in [5, 5.41) is 37.3. The summed E-state index contributed by atoms with van der Waals surface area (Å²) in [6.45, 7) is 0.0114. The lowest BCUT2D eigenvalue weighted by atomic mass is 10.2. The van der Waals surface area contributed by atoms with Gasteiger partial charge in [0.2, 0.25) is 6.79 Å². The Morgan fingerprint density at radius 3 is 2.46 bits per heavy atom. The number of carboxylic acids is 1. The van der Waals surface area contributed by atoms with Crippen molar-refractivity contribution in [3.8, 4) is 17.2 Å². The van der Waals surface area contributed by atoms with Crippen molar-refractivity contribution in [2.45, 2.75) is 0 Å². The number of phenols is 1. The Bertz CT molecular complexity index is 879. The Morgan fingerprint density at radius 1 is 1.12 bits per heavy atom. The van der Waals surface area contributed by atoms with Crippen molar-refractivity contribution in [3.63, 3.8) is 0 Å². The molecular weight excluding hydrogens is 322 g/mol. The number of carbonyl (C=O) groups is 1. The molecule has 0 aromatic heterocycles. The zero-order chi connectivity index (χ0) is 17.3. The molecule has 2 aromatic carbocycles. The van der Waals surface area contributed by atoms with Crippen LogP contribution in [-0.4, -0.2) is 27.9 Å². The summed E-state index contributed by atoms with van der Waals surface area (Å²) in [6, 6.07) is 5.88. The standard InChI is InChI=1S/C14H9N3O7/c18-11-5-13-12(23-6-24-13)4-9(11)16-15-8-2-1-7(14(19)20)3-10(8)17(21)22/h1-5,18H,6H2,(H,19,20). The normalized spacial score (nSPS) is 12.5. The Balaban J connectivity index is 1.98. The molecule has 0 saturated heterocycles. The lowest BCUT2D eigenvalue weighted by Crippen LogP contribution is -1.97. The predicted octanol–water partition coefficient (Wildman–Crippen LogP) is 3.14. The third kappa shape index (κ3) is 2.79. The second kappa shape index (κ2) is 5.83. The molecule has 10 heteroatoms. The Hall–Kier alpha value is -3.69. The van der Waals surface area contributed by atoms with Crippen molar-refractivity contribution in [1.29, 1.82) is 0 Å². The van der Waals surface area contributed by atoms with Gasteiger partial charge in [0.05, 0.1) is 10.5 Å². The predicted molar refractivity (Wildman–Crippen MR) is 78.5 cm³/mol. The molecule has 0 spiro atoms. The molecule has 0 amide bonds. The zero-order valence-electron chi connectivity index (χ0n) is 11.9. The average Bonchev–Trinajstić information content (AvgIpc) is 2.99. The minimum atomic E-state index is -1.30. The van der Waals surface area contributed by atoms with Crippen molar-refractivity contribution >= 4 is 23.0 Å². The highest BCUT2D eigenvalue weighted by molar-refractivity contribution is 5.89. The monoisotopic (exact) mass is 331 g/mol. The van der Waals surface area contributed by atoms with Crippen molar-refractivity contribution in [3.05, 3.63) is 46.0 Å². The average molecular weight is 331 g/mol. The summed E-state index contributed by atoms with van der Waals surface area (Å²) in [5.41, 5.74) is -0.886. The molecule has 0 radical (unpaired) electrons. The van der Waals surface area contributed by atoms with Crippen LogP contribution in [0.15, 0.2) is 40.6 Å². The molecule has 0 bridgehead atoms. The van der Waals surface area contributed by atoms with Crippen molar-refractivity contribution in [2.24, 2.45) is 10.2 Å². The van der Waals surface area contributed by atoms with Gasteiger partial charge in [0.15, 0.2) is 17.2 Å². The van der Waals surface area contributed by atoms with E-state index in [1.165, 1.54) is 18.2 Å². The molecule has 0 fully saturated rings. The van der Waals surface area contributed by atoms with Crippen molar-refractivity contribution in [1.82, 2.24) is 0 Å². The molecule has 0 aliphatic carbocycles. The molecule has 24 heavy (non-hydrogen) atoms. The summed E-state index contributed by atoms with van der Waals surface area (Å²) >= 11 is 0. The van der Waals surface area contributed by atoms with Gasteiger partial charge in [-0.2, -0.15) is 0 Å². The molecule has 122 valence electrons. The highest BCUT2D eigenvalue weighted by Gasteiger charge is 2.19. The number of nitrogens with zero attached hydrogens (tertiary/aromatic N) is 3. The van der Waals surface area contributed by atoms with E-state index in [9.17, 15) is 20.0 Å². The number of ether oxygens (including phenoxy) is 2. The van der Waals surface area contributed by atoms with E-state index in [2.05, 4.69) is 10.2 Å². The van der Waals surface area contributed by atoms with Gasteiger partial charge >= 0.3 is 5.97 Å². The fourth-order valence-corrected chi connectivity index (χ4v) is 2.00. The molecule has 0 unspecified atom stereocenters. The first-order valence-electron chi connectivity index (χ1n) is 6.52. The minimum absolute atomic E-state index is 0.0114. The number of azo groups is 1. The first kappa shape index (κ1) is 15.2. The van der Waals surface area contributed by atoms with Crippen molar-refractivity contribution in [2.75, 3.05) is 6.79 Å². The zero-order valence-corrected chi connectivity index (χ0v) is 11.9. The quantitative estimate of drug-likeness (QED) is 0.497. The summed E-state index contributed by atoms with van der Waals surface area (Å²) in [4.78, 5) is 21.2. The smallest absolute Gasteiger partial charge is 0.335 e. The fraction of sp³-hybridized carbons (Fsp3) is 0.0714. The molecule has 1 aliphatic rings. The highest BCUT2D eigenvalue weighted by atomic mass is 16.7. The first-order chi connectivity index (χ1) is 11.5. The van der Waals surface area contributed by atoms with Gasteiger partial charge in [0.1, 0.15) is 11.4 Å². The van der Waals surface area contributed by atoms with Crippen LogP contribution >= 0.6 is 0 Å². The van der Waals surface area contributed by atoms with E-state index in [0.717, 1.165) is 12.1 Å². The van der Waals surface area contributed by atoms with Crippen LogP contribution in [0.5, 0.6) is 17.2 Å². The lowest BCUT2D eigenvalue weighted by molar-refractivity contribution is -0.384. The largest absolute Gasteiger partial charge is 0.505 e. The third-order valence-electron chi connectivity index (χ3n) is 3.15. The van der Waals surface area contributed by atoms with Crippen LogP contribution in [0.4, 0.5) is 17.1 Å². The Labute approximate surface area is 133 Å². The summed E-state index contributed by atoms with van der Waals surface area (Å²) in [6.07, 6.45) is 0. The number of nitro benzene ring substituents is 1. The van der Waals surface area contributed by atoms with Gasteiger partial charge in [-0.25, -0.2) is 4.79 Å². The molecule has 2 N–H and O–H groups in total. The van der Waals surface area contributed by atoms with Crippen LogP contribution in [-0.2, 0) is 0 Å². The fourth-order valence-electron chi connectivity index (χ4n) is 2.00. The summed E-state index contributed by atoms with van der Waals surface area (Å²) in [5.74, 6) is -0.830. The first-order valence-corrected chi connectivity index (χ1v) is 6.52. The number of rotatable bonds is 4. The molecule has 0 atom stereocenters. The van der Waals surface area contributed by atoms with Gasteiger partial charge in [-0.05, 0) is 12.1 Å². The number of fused-ring (bicyclic) bond motifs is 1. The number of benzene rings is 2. The van der Waals surface area contributed by atoms with Gasteiger partial charge in [0.25, 0.3) is 5.69 Å². The van der Waals surface area contributed by atoms with E-state index in [4.69, 9.17) is 14.6 Å². The molecule has 1 heterocycles. The maximum absolute atomic E-state index is 11.1. The van der Waals surface area contributed by atoms with Gasteiger partial charge in [-0.15, -0.1) is 10.2 Å². The van der Waals surface area contributed by atoms with Crippen molar-refractivity contribution < 1.29 is 29.4 Å². The molecule has 0 saturated carbocycles. The molecule has 1 aliphatic heterocycles. The topological polar surface area (TPSA) is 144 Å². The number of hydrogen-bond acceptors (Lipinski definition) is 8. The van der Waals surface area contributed by atoms with E-state index in [-0.39, 0.29) is 29.5 Å². The second-order valence-corrected chi connectivity index (χ2v) is 4.66. The van der Waals surface area contributed by atoms with Crippen LogP contribution in [0.25, 0.3) is 0 Å². The number of hydrogen-bond donors (Lipinski definition) is 2. The van der Waals surface area contributed by atoms with E-state index < -0.39 is 16.6 Å². The van der Waals surface area contributed by atoms with Crippen LogP contribution in [0, 0.1) is 10.1 Å². The molecule has 2 aromatic rings. The van der Waals surface area contributed by atoms with E-state index in [1.807, 2.05) is 0 Å². The maximum Gasteiger partial charge on any atom is 0.335 e. The SMILES string of the molecule is O=C(O)c1ccc(N=Nc2cc3c(cc2O)OCO3)c([N+](=O)[O-])c1. The van der Waals surface area contributed by atoms with Gasteiger partial charge < -0.3 is 19.7 Å².